The molecule has 0 radical (unpaired) electrons. The average molecular weight is 349 g/mol. The number of benzene rings is 1. The number of nitrogens with zero attached hydrogens (tertiary/aromatic N) is 1. The lowest BCUT2D eigenvalue weighted by Crippen LogP contribution is -2.47. The van der Waals surface area contributed by atoms with Gasteiger partial charge in [0.15, 0.2) is 5.96 Å². The molecule has 1 fully saturated rings. The number of hydrogen-bond acceptors (Lipinski definition) is 2. The van der Waals surface area contributed by atoms with Crippen molar-refractivity contribution in [2.45, 2.75) is 46.1 Å². The Morgan fingerprint density at radius 3 is 2.72 bits per heavy atom. The van der Waals surface area contributed by atoms with Gasteiger partial charge in [-0.05, 0) is 36.3 Å². The number of ether oxygens (including phenoxy) is 1. The summed E-state index contributed by atoms with van der Waals surface area (Å²) in [4.78, 5) is 4.27. The normalized spacial score (nSPS) is 21.9. The third-order valence-corrected chi connectivity index (χ3v) is 4.70. The third-order valence-electron chi connectivity index (χ3n) is 4.70. The SMILES string of the molecule is CN=C(NCCc1ccccc1F)NCC1CCCOC1C(C)(C)C. The molecule has 5 heteroatoms. The van der Waals surface area contributed by atoms with Crippen LogP contribution in [0.3, 0.4) is 0 Å². The lowest BCUT2D eigenvalue weighted by atomic mass is 9.78. The highest BCUT2D eigenvalue weighted by Gasteiger charge is 2.35. The van der Waals surface area contributed by atoms with Gasteiger partial charge in [0, 0.05) is 32.7 Å². The van der Waals surface area contributed by atoms with Gasteiger partial charge in [-0.3, -0.25) is 4.99 Å². The maximum absolute atomic E-state index is 13.7. The van der Waals surface area contributed by atoms with Gasteiger partial charge in [0.25, 0.3) is 0 Å². The Hall–Kier alpha value is -1.62. The van der Waals surface area contributed by atoms with Crippen molar-refractivity contribution in [3.05, 3.63) is 35.6 Å². The fraction of sp³-hybridized carbons (Fsp3) is 0.650. The first kappa shape index (κ1) is 19.7. The average Bonchev–Trinajstić information content (AvgIpc) is 2.59. The van der Waals surface area contributed by atoms with Crippen molar-refractivity contribution in [2.75, 3.05) is 26.7 Å². The van der Waals surface area contributed by atoms with Gasteiger partial charge in [-0.2, -0.15) is 0 Å². The molecule has 2 N–H and O–H groups in total. The molecule has 0 saturated carbocycles. The van der Waals surface area contributed by atoms with Crippen LogP contribution in [0.4, 0.5) is 4.39 Å². The molecule has 1 heterocycles. The predicted octanol–water partition coefficient (Wildman–Crippen LogP) is 3.37. The van der Waals surface area contributed by atoms with E-state index in [4.69, 9.17) is 4.74 Å². The molecule has 1 aliphatic heterocycles. The highest BCUT2D eigenvalue weighted by atomic mass is 19.1. The number of hydrogen-bond donors (Lipinski definition) is 2. The van der Waals surface area contributed by atoms with Crippen LogP contribution in [0.15, 0.2) is 29.3 Å². The van der Waals surface area contributed by atoms with E-state index in [1.807, 2.05) is 12.1 Å². The second kappa shape index (κ2) is 9.18. The molecule has 2 atom stereocenters. The second-order valence-electron chi connectivity index (χ2n) is 7.78. The zero-order valence-corrected chi connectivity index (χ0v) is 15.9. The highest BCUT2D eigenvalue weighted by molar-refractivity contribution is 5.79. The summed E-state index contributed by atoms with van der Waals surface area (Å²) in [6, 6.07) is 6.89. The van der Waals surface area contributed by atoms with Crippen molar-refractivity contribution in [1.29, 1.82) is 0 Å². The Morgan fingerprint density at radius 1 is 1.28 bits per heavy atom. The number of nitrogens with one attached hydrogen (secondary N) is 2. The minimum absolute atomic E-state index is 0.133. The number of aliphatic imine (C=N–C) groups is 1. The van der Waals surface area contributed by atoms with Gasteiger partial charge < -0.3 is 15.4 Å². The Morgan fingerprint density at radius 2 is 2.04 bits per heavy atom. The van der Waals surface area contributed by atoms with Crippen molar-refractivity contribution in [1.82, 2.24) is 10.6 Å². The maximum Gasteiger partial charge on any atom is 0.190 e. The summed E-state index contributed by atoms with van der Waals surface area (Å²) in [5.41, 5.74) is 0.855. The van der Waals surface area contributed by atoms with Gasteiger partial charge in [-0.1, -0.05) is 39.0 Å². The molecule has 0 spiro atoms. The molecule has 2 rings (SSSR count). The first-order valence-corrected chi connectivity index (χ1v) is 9.21. The summed E-state index contributed by atoms with van der Waals surface area (Å²) < 4.78 is 19.7. The quantitative estimate of drug-likeness (QED) is 0.633. The van der Waals surface area contributed by atoms with E-state index < -0.39 is 0 Å². The predicted molar refractivity (Wildman–Crippen MR) is 101 cm³/mol. The van der Waals surface area contributed by atoms with E-state index in [9.17, 15) is 4.39 Å². The van der Waals surface area contributed by atoms with Crippen LogP contribution in [-0.4, -0.2) is 38.8 Å². The Balaban J connectivity index is 1.80. The molecule has 0 aromatic heterocycles. The van der Waals surface area contributed by atoms with Crippen LogP contribution in [0.25, 0.3) is 0 Å². The zero-order chi connectivity index (χ0) is 18.3. The summed E-state index contributed by atoms with van der Waals surface area (Å²) >= 11 is 0. The molecule has 0 bridgehead atoms. The number of guanidine groups is 1. The lowest BCUT2D eigenvalue weighted by molar-refractivity contribution is -0.0835. The van der Waals surface area contributed by atoms with E-state index in [0.29, 0.717) is 18.9 Å². The van der Waals surface area contributed by atoms with Gasteiger partial charge in [0.1, 0.15) is 5.82 Å². The van der Waals surface area contributed by atoms with E-state index in [-0.39, 0.29) is 17.3 Å². The van der Waals surface area contributed by atoms with Crippen LogP contribution in [0.1, 0.15) is 39.2 Å². The molecular formula is C20H32FN3O. The molecule has 0 aliphatic carbocycles. The first-order valence-electron chi connectivity index (χ1n) is 9.21. The Kier molecular flexibility index (Phi) is 7.24. The molecule has 4 nitrogen and oxygen atoms in total. The monoisotopic (exact) mass is 349 g/mol. The topological polar surface area (TPSA) is 45.7 Å². The molecule has 25 heavy (non-hydrogen) atoms. The van der Waals surface area contributed by atoms with E-state index >= 15 is 0 Å². The van der Waals surface area contributed by atoms with E-state index in [0.717, 1.165) is 31.1 Å². The minimum atomic E-state index is -0.153. The standard InChI is InChI=1S/C20H32FN3O/c1-20(2,3)18-16(9-7-13-25-18)14-24-19(22-4)23-12-11-15-8-5-6-10-17(15)21/h5-6,8,10,16,18H,7,9,11-14H2,1-4H3,(H2,22,23,24). The Labute approximate surface area is 151 Å². The fourth-order valence-electron chi connectivity index (χ4n) is 3.47. The molecule has 1 aliphatic rings. The van der Waals surface area contributed by atoms with Crippen molar-refractivity contribution < 1.29 is 9.13 Å². The number of halogens is 1. The second-order valence-corrected chi connectivity index (χ2v) is 7.78. The van der Waals surface area contributed by atoms with Gasteiger partial charge >= 0.3 is 0 Å². The van der Waals surface area contributed by atoms with Crippen molar-refractivity contribution in [3.63, 3.8) is 0 Å². The van der Waals surface area contributed by atoms with Crippen molar-refractivity contribution in [2.24, 2.45) is 16.3 Å². The van der Waals surface area contributed by atoms with Gasteiger partial charge in [-0.15, -0.1) is 0 Å². The fourth-order valence-corrected chi connectivity index (χ4v) is 3.47. The summed E-state index contributed by atoms with van der Waals surface area (Å²) in [5, 5.41) is 6.68. The van der Waals surface area contributed by atoms with Crippen molar-refractivity contribution in [3.8, 4) is 0 Å². The summed E-state index contributed by atoms with van der Waals surface area (Å²) in [6.07, 6.45) is 3.16. The molecule has 1 saturated heterocycles. The van der Waals surface area contributed by atoms with Crippen LogP contribution in [0.2, 0.25) is 0 Å². The van der Waals surface area contributed by atoms with Gasteiger partial charge in [0.2, 0.25) is 0 Å². The van der Waals surface area contributed by atoms with Crippen LogP contribution in [-0.2, 0) is 11.2 Å². The molecule has 0 amide bonds. The van der Waals surface area contributed by atoms with E-state index in [2.05, 4.69) is 36.4 Å². The Bertz CT molecular complexity index is 568. The van der Waals surface area contributed by atoms with Gasteiger partial charge in [0.05, 0.1) is 6.10 Å². The summed E-state index contributed by atoms with van der Waals surface area (Å²) in [5.74, 6) is 1.08. The number of rotatable bonds is 5. The lowest BCUT2D eigenvalue weighted by Gasteiger charge is -2.40. The minimum Gasteiger partial charge on any atom is -0.377 e. The molecule has 140 valence electrons. The van der Waals surface area contributed by atoms with E-state index in [1.54, 1.807) is 13.1 Å². The molecule has 1 aromatic rings. The largest absolute Gasteiger partial charge is 0.377 e. The zero-order valence-electron chi connectivity index (χ0n) is 15.9. The van der Waals surface area contributed by atoms with Crippen LogP contribution in [0.5, 0.6) is 0 Å². The highest BCUT2D eigenvalue weighted by Crippen LogP contribution is 2.33. The van der Waals surface area contributed by atoms with Crippen LogP contribution >= 0.6 is 0 Å². The van der Waals surface area contributed by atoms with E-state index in [1.165, 1.54) is 12.5 Å². The summed E-state index contributed by atoms with van der Waals surface area (Å²) in [7, 11) is 1.76. The van der Waals surface area contributed by atoms with Crippen LogP contribution < -0.4 is 10.6 Å². The molecule has 2 unspecified atom stereocenters. The summed E-state index contributed by atoms with van der Waals surface area (Å²) in [6.45, 7) is 9.03. The smallest absolute Gasteiger partial charge is 0.190 e. The van der Waals surface area contributed by atoms with Crippen molar-refractivity contribution >= 4 is 5.96 Å². The van der Waals surface area contributed by atoms with Gasteiger partial charge in [-0.25, -0.2) is 4.39 Å². The first-order chi connectivity index (χ1) is 11.9. The van der Waals surface area contributed by atoms with Crippen LogP contribution in [0, 0.1) is 17.2 Å². The maximum atomic E-state index is 13.7. The third kappa shape index (κ3) is 5.99. The molecule has 1 aromatic carbocycles. The molecular weight excluding hydrogens is 317 g/mol.